The lowest BCUT2D eigenvalue weighted by atomic mass is 10.2. The first-order chi connectivity index (χ1) is 6.66. The molecule has 1 aromatic carbocycles. The van der Waals surface area contributed by atoms with Crippen LogP contribution in [0.5, 0.6) is 0 Å². The van der Waals surface area contributed by atoms with E-state index in [4.69, 9.17) is 11.6 Å². The van der Waals surface area contributed by atoms with E-state index in [1.807, 2.05) is 23.9 Å². The molecule has 2 unspecified atom stereocenters. The topological polar surface area (TPSA) is 12.0 Å². The van der Waals surface area contributed by atoms with E-state index in [0.29, 0.717) is 11.4 Å². The zero-order valence-electron chi connectivity index (χ0n) is 7.76. The second-order valence-electron chi connectivity index (χ2n) is 3.45. The van der Waals surface area contributed by atoms with E-state index >= 15 is 0 Å². The smallest absolute Gasteiger partial charge is 0.0803 e. The molecule has 0 amide bonds. The van der Waals surface area contributed by atoms with E-state index in [2.05, 4.69) is 34.2 Å². The molecule has 1 fully saturated rings. The second kappa shape index (κ2) is 4.44. The predicted molar refractivity (Wildman–Crippen MR) is 66.9 cm³/mol. The molecule has 2 atom stereocenters. The minimum Gasteiger partial charge on any atom is -0.298 e. The van der Waals surface area contributed by atoms with Crippen molar-refractivity contribution in [1.82, 2.24) is 5.32 Å². The van der Waals surface area contributed by atoms with Crippen LogP contribution in [0.4, 0.5) is 0 Å². The number of thioether (sulfide) groups is 1. The first-order valence-electron chi connectivity index (χ1n) is 4.49. The summed E-state index contributed by atoms with van der Waals surface area (Å²) in [6, 6.07) is 6.55. The number of benzene rings is 1. The lowest BCUT2D eigenvalue weighted by Crippen LogP contribution is -2.22. The van der Waals surface area contributed by atoms with Crippen LogP contribution in [0.2, 0.25) is 5.02 Å². The molecule has 1 N–H and O–H groups in total. The molecule has 0 saturated carbocycles. The first kappa shape index (κ1) is 10.8. The number of halogens is 2. The largest absolute Gasteiger partial charge is 0.298 e. The van der Waals surface area contributed by atoms with Gasteiger partial charge in [0.1, 0.15) is 0 Å². The fraction of sp³-hybridized carbons (Fsp3) is 0.400. The molecule has 1 heterocycles. The summed E-state index contributed by atoms with van der Waals surface area (Å²) >= 11 is 11.4. The molecular formula is C10H11BrClNS. The molecule has 1 aliphatic rings. The molecular weight excluding hydrogens is 282 g/mol. The summed E-state index contributed by atoms with van der Waals surface area (Å²) in [5.74, 6) is 1.17. The van der Waals surface area contributed by atoms with Gasteiger partial charge in [-0.3, -0.25) is 5.32 Å². The molecule has 76 valence electrons. The van der Waals surface area contributed by atoms with Crippen LogP contribution < -0.4 is 5.32 Å². The Bertz CT molecular complexity index is 345. The van der Waals surface area contributed by atoms with Crippen LogP contribution in [0.1, 0.15) is 17.9 Å². The SMILES string of the molecule is CC1CSC(c2ccc(Cl)cc2Br)N1. The minimum atomic E-state index is 0.400. The number of nitrogens with one attached hydrogen (secondary N) is 1. The third kappa shape index (κ3) is 2.27. The van der Waals surface area contributed by atoms with Crippen LogP contribution in [-0.2, 0) is 0 Å². The van der Waals surface area contributed by atoms with Crippen LogP contribution >= 0.6 is 39.3 Å². The van der Waals surface area contributed by atoms with Crippen LogP contribution in [-0.4, -0.2) is 11.8 Å². The fourth-order valence-electron chi connectivity index (χ4n) is 1.49. The van der Waals surface area contributed by atoms with Crippen LogP contribution in [0.15, 0.2) is 22.7 Å². The molecule has 0 aromatic heterocycles. The third-order valence-corrected chi connectivity index (χ3v) is 4.53. The van der Waals surface area contributed by atoms with E-state index in [-0.39, 0.29) is 0 Å². The molecule has 2 rings (SSSR count). The molecule has 0 bridgehead atoms. The van der Waals surface area contributed by atoms with Crippen LogP contribution in [0, 0.1) is 0 Å². The molecule has 1 aliphatic heterocycles. The highest BCUT2D eigenvalue weighted by atomic mass is 79.9. The third-order valence-electron chi connectivity index (χ3n) is 2.19. The summed E-state index contributed by atoms with van der Waals surface area (Å²) < 4.78 is 1.09. The Balaban J connectivity index is 2.24. The fourth-order valence-corrected chi connectivity index (χ4v) is 3.84. The summed E-state index contributed by atoms with van der Waals surface area (Å²) in [5, 5.41) is 4.69. The molecule has 0 radical (unpaired) electrons. The van der Waals surface area contributed by atoms with E-state index in [0.717, 1.165) is 9.50 Å². The van der Waals surface area contributed by atoms with Gasteiger partial charge in [-0.2, -0.15) is 0 Å². The van der Waals surface area contributed by atoms with Gasteiger partial charge in [0, 0.05) is 21.3 Å². The summed E-state index contributed by atoms with van der Waals surface area (Å²) in [7, 11) is 0. The maximum absolute atomic E-state index is 5.90. The zero-order chi connectivity index (χ0) is 10.1. The van der Waals surface area contributed by atoms with Crippen molar-refractivity contribution in [1.29, 1.82) is 0 Å². The highest BCUT2D eigenvalue weighted by molar-refractivity contribution is 9.10. The van der Waals surface area contributed by atoms with Gasteiger partial charge in [-0.1, -0.05) is 33.6 Å². The van der Waals surface area contributed by atoms with E-state index in [1.165, 1.54) is 11.3 Å². The standard InChI is InChI=1S/C10H11BrClNS/c1-6-5-14-10(13-6)8-3-2-7(12)4-9(8)11/h2-4,6,10,13H,5H2,1H3. The molecule has 1 nitrogen and oxygen atoms in total. The van der Waals surface area contributed by atoms with Gasteiger partial charge < -0.3 is 0 Å². The van der Waals surface area contributed by atoms with Gasteiger partial charge in [-0.15, -0.1) is 11.8 Å². The molecule has 14 heavy (non-hydrogen) atoms. The normalized spacial score (nSPS) is 26.8. The van der Waals surface area contributed by atoms with Crippen molar-refractivity contribution in [3.63, 3.8) is 0 Å². The van der Waals surface area contributed by atoms with Crippen molar-refractivity contribution in [3.8, 4) is 0 Å². The highest BCUT2D eigenvalue weighted by Crippen LogP contribution is 2.37. The Morgan fingerprint density at radius 1 is 1.57 bits per heavy atom. The Kier molecular flexibility index (Phi) is 3.42. The average Bonchev–Trinajstić information content (AvgIpc) is 2.51. The number of hydrogen-bond donors (Lipinski definition) is 1. The molecule has 0 spiro atoms. The lowest BCUT2D eigenvalue weighted by Gasteiger charge is -2.13. The second-order valence-corrected chi connectivity index (χ2v) is 5.88. The van der Waals surface area contributed by atoms with Crippen molar-refractivity contribution >= 4 is 39.3 Å². The molecule has 0 aliphatic carbocycles. The van der Waals surface area contributed by atoms with Crippen molar-refractivity contribution in [3.05, 3.63) is 33.3 Å². The molecule has 4 heteroatoms. The highest BCUT2D eigenvalue weighted by Gasteiger charge is 2.23. The maximum atomic E-state index is 5.90. The average molecular weight is 293 g/mol. The Morgan fingerprint density at radius 3 is 2.93 bits per heavy atom. The van der Waals surface area contributed by atoms with Gasteiger partial charge in [0.25, 0.3) is 0 Å². The van der Waals surface area contributed by atoms with Crippen LogP contribution in [0.3, 0.4) is 0 Å². The van der Waals surface area contributed by atoms with Gasteiger partial charge in [0.05, 0.1) is 5.37 Å². The monoisotopic (exact) mass is 291 g/mol. The van der Waals surface area contributed by atoms with Crippen LogP contribution in [0.25, 0.3) is 0 Å². The van der Waals surface area contributed by atoms with Gasteiger partial charge >= 0.3 is 0 Å². The lowest BCUT2D eigenvalue weighted by molar-refractivity contribution is 0.617. The summed E-state index contributed by atoms with van der Waals surface area (Å²) in [5.41, 5.74) is 1.28. The number of hydrogen-bond acceptors (Lipinski definition) is 2. The van der Waals surface area contributed by atoms with E-state index in [9.17, 15) is 0 Å². The summed E-state index contributed by atoms with van der Waals surface area (Å²) in [4.78, 5) is 0. The van der Waals surface area contributed by atoms with Crippen molar-refractivity contribution in [2.45, 2.75) is 18.3 Å². The Hall–Kier alpha value is 0.300. The van der Waals surface area contributed by atoms with E-state index in [1.54, 1.807) is 0 Å². The first-order valence-corrected chi connectivity index (χ1v) is 6.71. The Morgan fingerprint density at radius 2 is 2.36 bits per heavy atom. The summed E-state index contributed by atoms with van der Waals surface area (Å²) in [6.45, 7) is 2.21. The van der Waals surface area contributed by atoms with Crippen molar-refractivity contribution < 1.29 is 0 Å². The van der Waals surface area contributed by atoms with Gasteiger partial charge in [-0.25, -0.2) is 0 Å². The molecule has 1 aromatic rings. The van der Waals surface area contributed by atoms with Crippen molar-refractivity contribution in [2.24, 2.45) is 0 Å². The van der Waals surface area contributed by atoms with Crippen molar-refractivity contribution in [2.75, 3.05) is 5.75 Å². The van der Waals surface area contributed by atoms with Gasteiger partial charge in [0.2, 0.25) is 0 Å². The number of rotatable bonds is 1. The Labute approximate surface area is 102 Å². The maximum Gasteiger partial charge on any atom is 0.0803 e. The van der Waals surface area contributed by atoms with Gasteiger partial charge in [-0.05, 0) is 24.6 Å². The predicted octanol–water partition coefficient (Wildman–Crippen LogP) is 3.83. The molecule has 1 saturated heterocycles. The summed E-state index contributed by atoms with van der Waals surface area (Å²) in [6.07, 6.45) is 0. The zero-order valence-corrected chi connectivity index (χ0v) is 10.9. The van der Waals surface area contributed by atoms with Gasteiger partial charge in [0.15, 0.2) is 0 Å². The van der Waals surface area contributed by atoms with E-state index < -0.39 is 0 Å². The minimum absolute atomic E-state index is 0.400. The quantitative estimate of drug-likeness (QED) is 0.844.